The van der Waals surface area contributed by atoms with Gasteiger partial charge in [-0.15, -0.1) is 0 Å². The van der Waals surface area contributed by atoms with E-state index in [-0.39, 0.29) is 18.1 Å². The van der Waals surface area contributed by atoms with Gasteiger partial charge in [0.25, 0.3) is 5.91 Å². The molecule has 1 saturated carbocycles. The molecule has 3 heteroatoms. The number of carbonyl (C=O) groups is 1. The third-order valence-electron chi connectivity index (χ3n) is 3.52. The highest BCUT2D eigenvalue weighted by Crippen LogP contribution is 2.31. The lowest BCUT2D eigenvalue weighted by Gasteiger charge is -2.39. The number of carbonyl (C=O) groups excluding carboxylic acids is 1. The fourth-order valence-electron chi connectivity index (χ4n) is 2.31. The summed E-state index contributed by atoms with van der Waals surface area (Å²) >= 11 is 0. The SMILES string of the molecule is Cc1cc(C#CCO)cc(C(=O)NC2(C)CCC2)c1. The van der Waals surface area contributed by atoms with Gasteiger partial charge in [-0.05, 0) is 56.9 Å². The van der Waals surface area contributed by atoms with Crippen molar-refractivity contribution in [2.45, 2.75) is 38.6 Å². The van der Waals surface area contributed by atoms with Crippen LogP contribution in [0.1, 0.15) is 47.7 Å². The number of nitrogens with one attached hydrogen (secondary N) is 1. The van der Waals surface area contributed by atoms with Crippen molar-refractivity contribution in [1.82, 2.24) is 5.32 Å². The number of aliphatic hydroxyl groups excluding tert-OH is 1. The Morgan fingerprint density at radius 2 is 2.16 bits per heavy atom. The summed E-state index contributed by atoms with van der Waals surface area (Å²) < 4.78 is 0. The summed E-state index contributed by atoms with van der Waals surface area (Å²) in [6.45, 7) is 3.84. The standard InChI is InChI=1S/C16H19NO2/c1-12-9-13(5-3-8-18)11-14(10-12)15(19)17-16(2)6-4-7-16/h9-11,18H,4,6-8H2,1-2H3,(H,17,19). The average molecular weight is 257 g/mol. The molecule has 1 aliphatic rings. The smallest absolute Gasteiger partial charge is 0.251 e. The molecule has 3 nitrogen and oxygen atoms in total. The van der Waals surface area contributed by atoms with E-state index in [4.69, 9.17) is 5.11 Å². The molecule has 0 saturated heterocycles. The van der Waals surface area contributed by atoms with E-state index in [1.165, 1.54) is 6.42 Å². The Labute approximate surface area is 114 Å². The maximum atomic E-state index is 12.2. The topological polar surface area (TPSA) is 49.3 Å². The van der Waals surface area contributed by atoms with Crippen LogP contribution in [0, 0.1) is 18.8 Å². The van der Waals surface area contributed by atoms with Crippen molar-refractivity contribution in [2.75, 3.05) is 6.61 Å². The zero-order chi connectivity index (χ0) is 13.9. The van der Waals surface area contributed by atoms with Gasteiger partial charge in [-0.25, -0.2) is 0 Å². The summed E-state index contributed by atoms with van der Waals surface area (Å²) in [6.07, 6.45) is 3.27. The molecule has 2 N–H and O–H groups in total. The lowest BCUT2D eigenvalue weighted by molar-refractivity contribution is 0.0850. The van der Waals surface area contributed by atoms with Crippen LogP contribution in [0.2, 0.25) is 0 Å². The number of aryl methyl sites for hydroxylation is 1. The second-order valence-corrected chi connectivity index (χ2v) is 5.42. The summed E-state index contributed by atoms with van der Waals surface area (Å²) in [5.41, 5.74) is 2.35. The molecular weight excluding hydrogens is 238 g/mol. The first-order valence-corrected chi connectivity index (χ1v) is 6.56. The summed E-state index contributed by atoms with van der Waals surface area (Å²) in [4.78, 5) is 12.2. The fraction of sp³-hybridized carbons (Fsp3) is 0.438. The minimum Gasteiger partial charge on any atom is -0.384 e. The van der Waals surface area contributed by atoms with Crippen LogP contribution in [0.4, 0.5) is 0 Å². The Balaban J connectivity index is 2.19. The largest absolute Gasteiger partial charge is 0.384 e. The monoisotopic (exact) mass is 257 g/mol. The molecule has 0 bridgehead atoms. The molecule has 1 aromatic carbocycles. The van der Waals surface area contributed by atoms with Crippen LogP contribution in [0.3, 0.4) is 0 Å². The van der Waals surface area contributed by atoms with Crippen molar-refractivity contribution in [2.24, 2.45) is 0 Å². The van der Waals surface area contributed by atoms with E-state index in [9.17, 15) is 4.79 Å². The molecule has 0 radical (unpaired) electrons. The van der Waals surface area contributed by atoms with E-state index in [0.717, 1.165) is 24.0 Å². The molecule has 19 heavy (non-hydrogen) atoms. The Morgan fingerprint density at radius 3 is 2.74 bits per heavy atom. The highest BCUT2D eigenvalue weighted by Gasteiger charge is 2.33. The minimum absolute atomic E-state index is 0.0436. The molecule has 1 aromatic rings. The van der Waals surface area contributed by atoms with E-state index in [1.807, 2.05) is 19.1 Å². The predicted molar refractivity (Wildman–Crippen MR) is 74.9 cm³/mol. The van der Waals surface area contributed by atoms with E-state index < -0.39 is 0 Å². The average Bonchev–Trinajstić information content (AvgIpc) is 2.33. The zero-order valence-corrected chi connectivity index (χ0v) is 11.4. The van der Waals surface area contributed by atoms with Gasteiger partial charge >= 0.3 is 0 Å². The molecule has 0 aliphatic heterocycles. The molecule has 1 fully saturated rings. The predicted octanol–water partition coefficient (Wildman–Crippen LogP) is 2.01. The molecule has 0 spiro atoms. The first-order chi connectivity index (χ1) is 9.02. The lowest BCUT2D eigenvalue weighted by atomic mass is 9.78. The number of benzene rings is 1. The first kappa shape index (κ1) is 13.6. The first-order valence-electron chi connectivity index (χ1n) is 6.56. The number of aliphatic hydroxyl groups is 1. The van der Waals surface area contributed by atoms with Crippen molar-refractivity contribution >= 4 is 5.91 Å². The van der Waals surface area contributed by atoms with Gasteiger partial charge in [0.05, 0.1) is 0 Å². The van der Waals surface area contributed by atoms with Gasteiger partial charge in [0.15, 0.2) is 0 Å². The number of amides is 1. The van der Waals surface area contributed by atoms with Gasteiger partial charge < -0.3 is 10.4 Å². The van der Waals surface area contributed by atoms with E-state index in [0.29, 0.717) is 5.56 Å². The van der Waals surface area contributed by atoms with Gasteiger partial charge in [-0.1, -0.05) is 11.8 Å². The van der Waals surface area contributed by atoms with Gasteiger partial charge in [0.1, 0.15) is 6.61 Å². The van der Waals surface area contributed by atoms with Crippen LogP contribution in [0.25, 0.3) is 0 Å². The lowest BCUT2D eigenvalue weighted by Crippen LogP contribution is -2.50. The molecule has 0 atom stereocenters. The molecule has 0 heterocycles. The second kappa shape index (κ2) is 5.46. The van der Waals surface area contributed by atoms with Gasteiger partial charge in [0.2, 0.25) is 0 Å². The van der Waals surface area contributed by atoms with Crippen molar-refractivity contribution in [1.29, 1.82) is 0 Å². The van der Waals surface area contributed by atoms with Crippen LogP contribution < -0.4 is 5.32 Å². The summed E-state index contributed by atoms with van der Waals surface area (Å²) in [5.74, 6) is 5.40. The fourth-order valence-corrected chi connectivity index (χ4v) is 2.31. The van der Waals surface area contributed by atoms with Crippen LogP contribution in [-0.2, 0) is 0 Å². The van der Waals surface area contributed by atoms with Crippen LogP contribution >= 0.6 is 0 Å². The van der Waals surface area contributed by atoms with Crippen LogP contribution in [0.5, 0.6) is 0 Å². The molecule has 1 aliphatic carbocycles. The van der Waals surface area contributed by atoms with E-state index >= 15 is 0 Å². The summed E-state index contributed by atoms with van der Waals surface area (Å²) in [6, 6.07) is 5.54. The highest BCUT2D eigenvalue weighted by atomic mass is 16.2. The maximum absolute atomic E-state index is 12.2. The van der Waals surface area contributed by atoms with Gasteiger partial charge in [-0.3, -0.25) is 4.79 Å². The Bertz CT molecular complexity index is 548. The maximum Gasteiger partial charge on any atom is 0.251 e. The van der Waals surface area contributed by atoms with Gasteiger partial charge in [-0.2, -0.15) is 0 Å². The molecule has 2 rings (SSSR count). The molecule has 1 amide bonds. The van der Waals surface area contributed by atoms with Crippen molar-refractivity contribution < 1.29 is 9.90 Å². The molecular formula is C16H19NO2. The van der Waals surface area contributed by atoms with Crippen molar-refractivity contribution in [3.05, 3.63) is 34.9 Å². The Hall–Kier alpha value is -1.79. The second-order valence-electron chi connectivity index (χ2n) is 5.42. The number of rotatable bonds is 2. The third kappa shape index (κ3) is 3.36. The van der Waals surface area contributed by atoms with Crippen molar-refractivity contribution in [3.8, 4) is 11.8 Å². The summed E-state index contributed by atoms with van der Waals surface area (Å²) in [7, 11) is 0. The van der Waals surface area contributed by atoms with Crippen LogP contribution in [0.15, 0.2) is 18.2 Å². The van der Waals surface area contributed by atoms with Gasteiger partial charge in [0, 0.05) is 16.7 Å². The van der Waals surface area contributed by atoms with Crippen LogP contribution in [-0.4, -0.2) is 23.2 Å². The third-order valence-corrected chi connectivity index (χ3v) is 3.52. The molecule has 0 unspecified atom stereocenters. The Morgan fingerprint density at radius 1 is 1.42 bits per heavy atom. The number of hydrogen-bond donors (Lipinski definition) is 2. The van der Waals surface area contributed by atoms with E-state index in [1.54, 1.807) is 6.07 Å². The number of hydrogen-bond acceptors (Lipinski definition) is 2. The van der Waals surface area contributed by atoms with E-state index in [2.05, 4.69) is 24.1 Å². The Kier molecular flexibility index (Phi) is 3.92. The zero-order valence-electron chi connectivity index (χ0n) is 11.4. The quantitative estimate of drug-likeness (QED) is 0.796. The molecule has 100 valence electrons. The normalized spacial score (nSPS) is 15.9. The summed E-state index contributed by atoms with van der Waals surface area (Å²) in [5, 5.41) is 11.8. The minimum atomic E-state index is -0.173. The molecule has 0 aromatic heterocycles. The highest BCUT2D eigenvalue weighted by molar-refractivity contribution is 5.95. The van der Waals surface area contributed by atoms with Crippen molar-refractivity contribution in [3.63, 3.8) is 0 Å².